The number of amides is 1. The van der Waals surface area contributed by atoms with Gasteiger partial charge in [-0.3, -0.25) is 9.69 Å². The third kappa shape index (κ3) is 5.05. The first kappa shape index (κ1) is 25.9. The van der Waals surface area contributed by atoms with Crippen LogP contribution in [0.1, 0.15) is 38.8 Å². The minimum atomic E-state index is -0.0922. The van der Waals surface area contributed by atoms with Gasteiger partial charge < -0.3 is 14.5 Å². The number of amidine groups is 1. The normalized spacial score (nSPS) is 21.6. The van der Waals surface area contributed by atoms with Crippen LogP contribution in [0.4, 0.5) is 17.1 Å². The van der Waals surface area contributed by atoms with Gasteiger partial charge in [-0.05, 0) is 93.1 Å². The Morgan fingerprint density at radius 2 is 1.86 bits per heavy atom. The van der Waals surface area contributed by atoms with E-state index < -0.39 is 0 Å². The van der Waals surface area contributed by atoms with Crippen molar-refractivity contribution in [1.29, 1.82) is 0 Å². The molecule has 0 N–H and O–H groups in total. The number of thioether (sulfide) groups is 1. The van der Waals surface area contributed by atoms with Crippen molar-refractivity contribution < 1.29 is 9.53 Å². The van der Waals surface area contributed by atoms with E-state index in [9.17, 15) is 4.79 Å². The van der Waals surface area contributed by atoms with Crippen LogP contribution < -0.4 is 9.80 Å². The number of halogens is 1. The van der Waals surface area contributed by atoms with Crippen molar-refractivity contribution in [2.75, 3.05) is 49.7 Å². The second kappa shape index (κ2) is 10.2. The number of fused-ring (bicyclic) bond motifs is 1. The van der Waals surface area contributed by atoms with Gasteiger partial charge in [0.05, 0.1) is 29.3 Å². The average molecular weight is 537 g/mol. The van der Waals surface area contributed by atoms with Crippen LogP contribution in [0.15, 0.2) is 52.4 Å². The maximum Gasteiger partial charge on any atom is 0.266 e. The van der Waals surface area contributed by atoms with Gasteiger partial charge in [0, 0.05) is 48.6 Å². The van der Waals surface area contributed by atoms with Crippen LogP contribution in [0.5, 0.6) is 0 Å². The fourth-order valence-electron chi connectivity index (χ4n) is 4.98. The number of anilines is 2. The second-order valence-electron chi connectivity index (χ2n) is 10.1. The van der Waals surface area contributed by atoms with Crippen molar-refractivity contribution in [3.8, 4) is 0 Å². The molecule has 2 fully saturated rings. The van der Waals surface area contributed by atoms with Gasteiger partial charge in [0.25, 0.3) is 5.91 Å². The molecule has 6 nitrogen and oxygen atoms in total. The second-order valence-corrected chi connectivity index (χ2v) is 11.5. The molecule has 3 aliphatic rings. The van der Waals surface area contributed by atoms with Gasteiger partial charge in [-0.15, -0.1) is 0 Å². The number of aliphatic imine (C=N–C) groups is 1. The Morgan fingerprint density at radius 3 is 2.54 bits per heavy atom. The Kier molecular flexibility index (Phi) is 7.14. The molecule has 0 radical (unpaired) electrons. The smallest absolute Gasteiger partial charge is 0.266 e. The van der Waals surface area contributed by atoms with Crippen LogP contribution in [0, 0.1) is 0 Å². The number of rotatable bonds is 4. The molecule has 0 bridgehead atoms. The van der Waals surface area contributed by atoms with Crippen LogP contribution in [0.25, 0.3) is 11.6 Å². The van der Waals surface area contributed by atoms with Crippen LogP contribution in [0.2, 0.25) is 5.02 Å². The van der Waals surface area contributed by atoms with E-state index in [0.29, 0.717) is 21.6 Å². The van der Waals surface area contributed by atoms with Gasteiger partial charge in [0.2, 0.25) is 0 Å². The Hall–Kier alpha value is -2.74. The van der Waals surface area contributed by atoms with Gasteiger partial charge in [0.1, 0.15) is 0 Å². The van der Waals surface area contributed by atoms with Crippen molar-refractivity contribution in [3.63, 3.8) is 0 Å². The molecular formula is C29H33ClN4O2S. The predicted octanol–water partition coefficient (Wildman–Crippen LogP) is 6.43. The van der Waals surface area contributed by atoms with Gasteiger partial charge in [-0.2, -0.15) is 0 Å². The largest absolute Gasteiger partial charge is 0.378 e. The number of hydrogen-bond acceptors (Lipinski definition) is 6. The molecule has 1 amide bonds. The maximum atomic E-state index is 13.3. The lowest BCUT2D eigenvalue weighted by atomic mass is 9.88. The van der Waals surface area contributed by atoms with E-state index in [4.69, 9.17) is 21.3 Å². The Bertz CT molecular complexity index is 1310. The van der Waals surface area contributed by atoms with E-state index in [-0.39, 0.29) is 11.4 Å². The van der Waals surface area contributed by atoms with Gasteiger partial charge in [-0.1, -0.05) is 17.7 Å². The lowest BCUT2D eigenvalue weighted by Gasteiger charge is -2.40. The van der Waals surface area contributed by atoms with E-state index in [1.165, 1.54) is 17.3 Å². The molecule has 2 aromatic rings. The van der Waals surface area contributed by atoms with E-state index in [0.717, 1.165) is 54.5 Å². The highest BCUT2D eigenvalue weighted by atomic mass is 35.5. The van der Waals surface area contributed by atoms with Crippen molar-refractivity contribution in [2.24, 2.45) is 4.99 Å². The summed E-state index contributed by atoms with van der Waals surface area (Å²) in [5, 5.41) is 1.31. The number of carbonyl (C=O) groups excluding carboxylic acids is 1. The number of allylic oxidation sites excluding steroid dienone is 1. The highest BCUT2D eigenvalue weighted by Crippen LogP contribution is 2.42. The Balaban J connectivity index is 1.42. The Morgan fingerprint density at radius 1 is 1.16 bits per heavy atom. The molecule has 0 unspecified atom stereocenters. The standard InChI is InChI=1S/C29H33ClN4O2S/c1-6-34-27(35)26(16-20-15-23-19(2)18-29(3,4)32(5)25(23)17-24(20)30)37-28(34)31-21-7-9-22(10-8-21)33-11-13-36-14-12-33/h7-10,15-18H,6,11-14H2,1-5H3/b26-16+,31-28?. The third-order valence-electron chi connectivity index (χ3n) is 7.28. The topological polar surface area (TPSA) is 48.4 Å². The summed E-state index contributed by atoms with van der Waals surface area (Å²) in [4.78, 5) is 25.0. The van der Waals surface area contributed by atoms with Gasteiger partial charge in [0.15, 0.2) is 5.17 Å². The molecule has 3 aliphatic heterocycles. The number of nitrogens with zero attached hydrogens (tertiary/aromatic N) is 4. The summed E-state index contributed by atoms with van der Waals surface area (Å²) in [6.07, 6.45) is 4.17. The number of benzene rings is 2. The Labute approximate surface area is 228 Å². The quantitative estimate of drug-likeness (QED) is 0.421. The zero-order chi connectivity index (χ0) is 26.3. The summed E-state index contributed by atoms with van der Waals surface area (Å²) in [7, 11) is 2.09. The molecule has 0 saturated carbocycles. The van der Waals surface area contributed by atoms with E-state index in [1.807, 2.05) is 31.2 Å². The molecule has 0 spiro atoms. The fraction of sp³-hybridized carbons (Fsp3) is 0.379. The first-order valence-corrected chi connectivity index (χ1v) is 13.9. The number of morpholine rings is 1. The van der Waals surface area contributed by atoms with Gasteiger partial charge in [-0.25, -0.2) is 4.99 Å². The van der Waals surface area contributed by atoms with Crippen molar-refractivity contribution >= 4 is 63.1 Å². The van der Waals surface area contributed by atoms with Crippen LogP contribution >= 0.6 is 23.4 Å². The monoisotopic (exact) mass is 536 g/mol. The molecule has 3 heterocycles. The third-order valence-corrected chi connectivity index (χ3v) is 8.61. The maximum absolute atomic E-state index is 13.3. The molecule has 0 atom stereocenters. The minimum absolute atomic E-state index is 0.0458. The van der Waals surface area contributed by atoms with E-state index in [2.05, 4.69) is 61.9 Å². The fourth-order valence-corrected chi connectivity index (χ4v) is 6.25. The van der Waals surface area contributed by atoms with E-state index >= 15 is 0 Å². The SMILES string of the molecule is CCN1C(=O)/C(=C\c2cc3c(cc2Cl)N(C)C(C)(C)C=C3C)SC1=Nc1ccc(N2CCOCC2)cc1. The molecule has 37 heavy (non-hydrogen) atoms. The molecule has 0 aliphatic carbocycles. The molecule has 0 aromatic heterocycles. The lowest BCUT2D eigenvalue weighted by molar-refractivity contribution is -0.122. The van der Waals surface area contributed by atoms with Crippen molar-refractivity contribution in [1.82, 2.24) is 4.90 Å². The minimum Gasteiger partial charge on any atom is -0.378 e. The molecule has 5 rings (SSSR count). The average Bonchev–Trinajstić information content (AvgIpc) is 3.17. The zero-order valence-electron chi connectivity index (χ0n) is 22.0. The lowest BCUT2D eigenvalue weighted by Crippen LogP contribution is -2.42. The number of likely N-dealkylation sites (N-methyl/N-ethyl adjacent to an activating group) is 2. The van der Waals surface area contributed by atoms with Crippen LogP contribution in [-0.2, 0) is 9.53 Å². The van der Waals surface area contributed by atoms with Crippen molar-refractivity contribution in [3.05, 3.63) is 63.5 Å². The predicted molar refractivity (Wildman–Crippen MR) is 157 cm³/mol. The summed E-state index contributed by atoms with van der Waals surface area (Å²) in [6.45, 7) is 12.3. The molecule has 2 saturated heterocycles. The highest BCUT2D eigenvalue weighted by molar-refractivity contribution is 8.18. The summed E-state index contributed by atoms with van der Waals surface area (Å²) in [6, 6.07) is 12.3. The molecule has 194 valence electrons. The first-order valence-electron chi connectivity index (χ1n) is 12.7. The van der Waals surface area contributed by atoms with Crippen LogP contribution in [0.3, 0.4) is 0 Å². The molecule has 8 heteroatoms. The number of carbonyl (C=O) groups is 1. The number of hydrogen-bond donors (Lipinski definition) is 0. The van der Waals surface area contributed by atoms with Crippen molar-refractivity contribution in [2.45, 2.75) is 33.2 Å². The van der Waals surface area contributed by atoms with Gasteiger partial charge >= 0.3 is 0 Å². The first-order chi connectivity index (χ1) is 17.7. The summed E-state index contributed by atoms with van der Waals surface area (Å²) in [5.41, 5.74) is 6.17. The van der Waals surface area contributed by atoms with Crippen LogP contribution in [-0.4, -0.2) is 61.4 Å². The van der Waals surface area contributed by atoms with E-state index in [1.54, 1.807) is 4.90 Å². The summed E-state index contributed by atoms with van der Waals surface area (Å²) >= 11 is 8.14. The summed E-state index contributed by atoms with van der Waals surface area (Å²) in [5.74, 6) is -0.0458. The molecular weight excluding hydrogens is 504 g/mol. The zero-order valence-corrected chi connectivity index (χ0v) is 23.6. The highest BCUT2D eigenvalue weighted by Gasteiger charge is 2.33. The molecule has 2 aromatic carbocycles. The number of ether oxygens (including phenoxy) is 1. The summed E-state index contributed by atoms with van der Waals surface area (Å²) < 4.78 is 5.45.